The summed E-state index contributed by atoms with van der Waals surface area (Å²) in [7, 11) is 7.20. The zero-order chi connectivity index (χ0) is 18.5. The summed E-state index contributed by atoms with van der Waals surface area (Å²) in [6, 6.07) is 6.65. The van der Waals surface area contributed by atoms with Gasteiger partial charge in [0.25, 0.3) is 0 Å². The monoisotopic (exact) mass is 360 g/mol. The van der Waals surface area contributed by atoms with Crippen molar-refractivity contribution in [1.82, 2.24) is 0 Å². The van der Waals surface area contributed by atoms with Gasteiger partial charge >= 0.3 is 0 Å². The molecule has 144 valence electrons. The Morgan fingerprint density at radius 1 is 0.962 bits per heavy atom. The van der Waals surface area contributed by atoms with Gasteiger partial charge in [0.2, 0.25) is 0 Å². The maximum atomic E-state index is 6.03. The van der Waals surface area contributed by atoms with Gasteiger partial charge in [-0.25, -0.2) is 0 Å². The van der Waals surface area contributed by atoms with Crippen molar-refractivity contribution in [1.29, 1.82) is 0 Å². The van der Waals surface area contributed by atoms with E-state index in [4.69, 9.17) is 18.9 Å². The van der Waals surface area contributed by atoms with E-state index in [0.29, 0.717) is 17.8 Å². The van der Waals surface area contributed by atoms with E-state index < -0.39 is 0 Å². The van der Waals surface area contributed by atoms with Crippen LogP contribution in [0.2, 0.25) is 0 Å². The molecule has 0 spiro atoms. The Morgan fingerprint density at radius 3 is 2.38 bits per heavy atom. The Morgan fingerprint density at radius 2 is 1.73 bits per heavy atom. The summed E-state index contributed by atoms with van der Waals surface area (Å²) in [5, 5.41) is 0. The SMILES string of the molecule is COc1ccc2c(c1)CCC1C2CCC2(C)C(OC)C(OC)C(OC)C12. The molecule has 0 amide bonds. The Kier molecular flexibility index (Phi) is 4.79. The van der Waals surface area contributed by atoms with E-state index in [1.165, 1.54) is 24.0 Å². The second-order valence-electron chi connectivity index (χ2n) is 8.50. The van der Waals surface area contributed by atoms with Crippen molar-refractivity contribution >= 4 is 0 Å². The molecule has 3 aliphatic carbocycles. The fraction of sp³-hybridized carbons (Fsp3) is 0.727. The van der Waals surface area contributed by atoms with Gasteiger partial charge < -0.3 is 18.9 Å². The Labute approximate surface area is 157 Å². The Balaban J connectivity index is 1.72. The molecule has 0 aromatic heterocycles. The lowest BCUT2D eigenvalue weighted by atomic mass is 9.55. The minimum atomic E-state index is 0.0102. The van der Waals surface area contributed by atoms with Crippen LogP contribution in [0.25, 0.3) is 0 Å². The van der Waals surface area contributed by atoms with E-state index in [2.05, 4.69) is 25.1 Å². The first kappa shape index (κ1) is 18.3. The van der Waals surface area contributed by atoms with Crippen molar-refractivity contribution < 1.29 is 18.9 Å². The molecule has 26 heavy (non-hydrogen) atoms. The number of rotatable bonds is 4. The van der Waals surface area contributed by atoms with Crippen molar-refractivity contribution in [2.45, 2.75) is 56.8 Å². The second kappa shape index (κ2) is 6.81. The zero-order valence-electron chi connectivity index (χ0n) is 16.7. The Hall–Kier alpha value is -1.10. The van der Waals surface area contributed by atoms with Crippen LogP contribution >= 0.6 is 0 Å². The van der Waals surface area contributed by atoms with E-state index in [1.807, 2.05) is 14.2 Å². The van der Waals surface area contributed by atoms with Crippen LogP contribution in [0.15, 0.2) is 18.2 Å². The van der Waals surface area contributed by atoms with E-state index in [1.54, 1.807) is 14.2 Å². The van der Waals surface area contributed by atoms with Gasteiger partial charge in [-0.3, -0.25) is 0 Å². The highest BCUT2D eigenvalue weighted by atomic mass is 16.6. The van der Waals surface area contributed by atoms with Gasteiger partial charge in [-0.15, -0.1) is 0 Å². The lowest BCUT2D eigenvalue weighted by molar-refractivity contribution is -0.0908. The molecule has 0 bridgehead atoms. The minimum absolute atomic E-state index is 0.0102. The predicted molar refractivity (Wildman–Crippen MR) is 101 cm³/mol. The molecule has 1 aromatic carbocycles. The lowest BCUT2D eigenvalue weighted by Crippen LogP contribution is -2.47. The molecule has 3 aliphatic rings. The van der Waals surface area contributed by atoms with E-state index in [0.717, 1.165) is 18.6 Å². The number of fused-ring (bicyclic) bond motifs is 5. The zero-order valence-corrected chi connectivity index (χ0v) is 16.7. The van der Waals surface area contributed by atoms with Gasteiger partial charge in [-0.2, -0.15) is 0 Å². The number of benzene rings is 1. The van der Waals surface area contributed by atoms with E-state index >= 15 is 0 Å². The topological polar surface area (TPSA) is 36.9 Å². The molecule has 4 rings (SSSR count). The first-order chi connectivity index (χ1) is 12.6. The molecule has 0 aliphatic heterocycles. The van der Waals surface area contributed by atoms with Crippen LogP contribution < -0.4 is 4.74 Å². The number of ether oxygens (including phenoxy) is 4. The van der Waals surface area contributed by atoms with Crippen LogP contribution in [0.1, 0.15) is 43.2 Å². The highest BCUT2D eigenvalue weighted by Crippen LogP contribution is 2.62. The van der Waals surface area contributed by atoms with Crippen LogP contribution in [-0.4, -0.2) is 46.8 Å². The van der Waals surface area contributed by atoms with Gasteiger partial charge in [0.15, 0.2) is 0 Å². The molecule has 2 fully saturated rings. The molecule has 7 atom stereocenters. The minimum Gasteiger partial charge on any atom is -0.497 e. The highest BCUT2D eigenvalue weighted by Gasteiger charge is 2.64. The molecule has 1 aromatic rings. The van der Waals surface area contributed by atoms with Gasteiger partial charge in [-0.1, -0.05) is 13.0 Å². The molecule has 0 radical (unpaired) electrons. The van der Waals surface area contributed by atoms with Gasteiger partial charge in [0.1, 0.15) is 11.9 Å². The second-order valence-corrected chi connectivity index (χ2v) is 8.50. The molecule has 4 heteroatoms. The van der Waals surface area contributed by atoms with Gasteiger partial charge in [0.05, 0.1) is 19.3 Å². The number of methoxy groups -OCH3 is 4. The quantitative estimate of drug-likeness (QED) is 0.818. The molecule has 2 saturated carbocycles. The van der Waals surface area contributed by atoms with Gasteiger partial charge in [0, 0.05) is 26.7 Å². The average Bonchev–Trinajstić information content (AvgIpc) is 2.94. The standard InChI is InChI=1S/C22H32O4/c1-22-11-10-16-15-9-7-14(23-2)12-13(15)6-8-17(16)18(22)19(24-3)20(25-4)21(22)26-5/h7,9,12,16-21H,6,8,10-11H2,1-5H3. The summed E-state index contributed by atoms with van der Waals surface area (Å²) in [6.45, 7) is 2.40. The normalized spacial score (nSPS) is 41.3. The summed E-state index contributed by atoms with van der Waals surface area (Å²) in [5.41, 5.74) is 3.10. The molecule has 4 nitrogen and oxygen atoms in total. The average molecular weight is 360 g/mol. The molecule has 0 heterocycles. The largest absolute Gasteiger partial charge is 0.497 e. The van der Waals surface area contributed by atoms with Crippen LogP contribution in [0.5, 0.6) is 5.75 Å². The maximum Gasteiger partial charge on any atom is 0.119 e. The van der Waals surface area contributed by atoms with Crippen molar-refractivity contribution in [2.24, 2.45) is 17.3 Å². The number of aryl methyl sites for hydroxylation is 1. The molecular formula is C22H32O4. The van der Waals surface area contributed by atoms with Crippen LogP contribution in [0.3, 0.4) is 0 Å². The van der Waals surface area contributed by atoms with Gasteiger partial charge in [-0.05, 0) is 66.7 Å². The van der Waals surface area contributed by atoms with Crippen molar-refractivity contribution in [3.05, 3.63) is 29.3 Å². The smallest absolute Gasteiger partial charge is 0.119 e. The number of hydrogen-bond donors (Lipinski definition) is 0. The van der Waals surface area contributed by atoms with E-state index in [-0.39, 0.29) is 23.7 Å². The molecular weight excluding hydrogens is 328 g/mol. The summed E-state index contributed by atoms with van der Waals surface area (Å²) in [6.07, 6.45) is 4.90. The predicted octanol–water partition coefficient (Wildman–Crippen LogP) is 3.82. The third kappa shape index (κ3) is 2.45. The molecule has 7 unspecified atom stereocenters. The van der Waals surface area contributed by atoms with Crippen molar-refractivity contribution in [2.75, 3.05) is 28.4 Å². The molecule has 0 saturated heterocycles. The van der Waals surface area contributed by atoms with Crippen molar-refractivity contribution in [3.8, 4) is 5.75 Å². The summed E-state index contributed by atoms with van der Waals surface area (Å²) in [4.78, 5) is 0. The summed E-state index contributed by atoms with van der Waals surface area (Å²) in [5.74, 6) is 2.67. The summed E-state index contributed by atoms with van der Waals surface area (Å²) >= 11 is 0. The lowest BCUT2D eigenvalue weighted by Gasteiger charge is -2.51. The Bertz CT molecular complexity index is 660. The highest BCUT2D eigenvalue weighted by molar-refractivity contribution is 5.41. The maximum absolute atomic E-state index is 6.03. The van der Waals surface area contributed by atoms with E-state index in [9.17, 15) is 0 Å². The third-order valence-corrected chi connectivity index (χ3v) is 7.65. The first-order valence-corrected chi connectivity index (χ1v) is 9.84. The van der Waals surface area contributed by atoms with Crippen molar-refractivity contribution in [3.63, 3.8) is 0 Å². The van der Waals surface area contributed by atoms with Crippen LogP contribution in [-0.2, 0) is 20.6 Å². The number of hydrogen-bond acceptors (Lipinski definition) is 4. The summed E-state index contributed by atoms with van der Waals surface area (Å²) < 4.78 is 23.3. The third-order valence-electron chi connectivity index (χ3n) is 7.65. The molecule has 0 N–H and O–H groups in total. The fourth-order valence-electron chi connectivity index (χ4n) is 6.61. The first-order valence-electron chi connectivity index (χ1n) is 9.84. The van der Waals surface area contributed by atoms with Crippen LogP contribution in [0, 0.1) is 17.3 Å². The van der Waals surface area contributed by atoms with Crippen LogP contribution in [0.4, 0.5) is 0 Å². The fourth-order valence-corrected chi connectivity index (χ4v) is 6.61.